The van der Waals surface area contributed by atoms with Gasteiger partial charge in [-0.3, -0.25) is 0 Å². The van der Waals surface area contributed by atoms with Crippen LogP contribution in [0.4, 0.5) is 0 Å². The maximum Gasteiger partial charge on any atom is 0.432 e. The number of rotatable bonds is 1. The first kappa shape index (κ1) is 10.9. The van der Waals surface area contributed by atoms with Gasteiger partial charge in [0.2, 0.25) is 0 Å². The van der Waals surface area contributed by atoms with E-state index in [0.717, 1.165) is 0 Å². The summed E-state index contributed by atoms with van der Waals surface area (Å²) in [6, 6.07) is 8.28. The molecule has 0 radical (unpaired) electrons. The molecule has 0 aliphatic rings. The van der Waals surface area contributed by atoms with E-state index in [1.807, 2.05) is 6.08 Å². The summed E-state index contributed by atoms with van der Waals surface area (Å²) in [5.41, 5.74) is 2.47. The largest absolute Gasteiger partial charge is 0.432 e. The molecule has 0 fully saturated rings. The molecule has 0 saturated carbocycles. The lowest BCUT2D eigenvalue weighted by Crippen LogP contribution is -1.75. The molecule has 0 aliphatic carbocycles. The van der Waals surface area contributed by atoms with Gasteiger partial charge in [0.25, 0.3) is 0 Å². The molecule has 0 amide bonds. The third-order valence-electron chi connectivity index (χ3n) is 1.31. The third kappa shape index (κ3) is 4.71. The Labute approximate surface area is 73.5 Å². The maximum atomic E-state index is 7.12. The lowest BCUT2D eigenvalue weighted by Gasteiger charge is -1.91. The van der Waals surface area contributed by atoms with Crippen molar-refractivity contribution < 1.29 is 10.0 Å². The Bertz CT molecular complexity index is 218. The van der Waals surface area contributed by atoms with Crippen LogP contribution < -0.4 is 0 Å². The Morgan fingerprint density at radius 2 is 1.67 bits per heavy atom. The normalized spacial score (nSPS) is 7.92. The van der Waals surface area contributed by atoms with Crippen LogP contribution in [0.3, 0.4) is 0 Å². The summed E-state index contributed by atoms with van der Waals surface area (Å²) in [7, 11) is -0.750. The van der Waals surface area contributed by atoms with Gasteiger partial charge in [0.05, 0.1) is 0 Å². The molecule has 0 saturated heterocycles. The first-order valence-corrected chi connectivity index (χ1v) is 3.65. The van der Waals surface area contributed by atoms with E-state index in [-0.39, 0.29) is 0 Å². The second-order valence-electron chi connectivity index (χ2n) is 2.26. The first-order chi connectivity index (χ1) is 5.74. The maximum absolute atomic E-state index is 7.12. The lowest BCUT2D eigenvalue weighted by atomic mass is 10.2. The summed E-state index contributed by atoms with van der Waals surface area (Å²) >= 11 is 0. The molecule has 3 heteroatoms. The SMILES string of the molecule is C=Cc1ccc(C)cc1.OBO. The number of benzene rings is 1. The predicted octanol–water partition coefficient (Wildman–Crippen LogP) is 0.876. The van der Waals surface area contributed by atoms with Crippen LogP contribution >= 0.6 is 0 Å². The highest BCUT2D eigenvalue weighted by Crippen LogP contribution is 2.02. The standard InChI is InChI=1S/C9H10.BH3O2/c1-3-9-6-4-8(2)5-7-9;2-1-3/h3-7H,1H2,2H3;1-3H. The van der Waals surface area contributed by atoms with Crippen molar-refractivity contribution in [2.24, 2.45) is 0 Å². The van der Waals surface area contributed by atoms with Crippen LogP contribution in [0.15, 0.2) is 30.8 Å². The second kappa shape index (κ2) is 6.64. The monoisotopic (exact) mass is 164 g/mol. The molecule has 0 heterocycles. The van der Waals surface area contributed by atoms with Crippen LogP contribution in [0.5, 0.6) is 0 Å². The minimum Gasteiger partial charge on any atom is -0.430 e. The van der Waals surface area contributed by atoms with Gasteiger partial charge in [-0.2, -0.15) is 0 Å². The second-order valence-corrected chi connectivity index (χ2v) is 2.26. The molecule has 0 unspecified atom stereocenters. The van der Waals surface area contributed by atoms with Crippen molar-refractivity contribution in [3.63, 3.8) is 0 Å². The fraction of sp³-hybridized carbons (Fsp3) is 0.111. The van der Waals surface area contributed by atoms with Gasteiger partial charge in [-0.25, -0.2) is 0 Å². The van der Waals surface area contributed by atoms with Crippen LogP contribution in [0, 0.1) is 6.92 Å². The minimum atomic E-state index is -0.750. The zero-order valence-electron chi connectivity index (χ0n) is 7.20. The number of hydrogen-bond donors (Lipinski definition) is 2. The van der Waals surface area contributed by atoms with Crippen molar-refractivity contribution in [1.82, 2.24) is 0 Å². The Balaban J connectivity index is 0.000000354. The molecule has 2 N–H and O–H groups in total. The summed E-state index contributed by atoms with van der Waals surface area (Å²) in [4.78, 5) is 0. The minimum absolute atomic E-state index is 0.750. The van der Waals surface area contributed by atoms with Crippen LogP contribution in [0.1, 0.15) is 11.1 Å². The fourth-order valence-electron chi connectivity index (χ4n) is 0.703. The van der Waals surface area contributed by atoms with Gasteiger partial charge in [0, 0.05) is 0 Å². The quantitative estimate of drug-likeness (QED) is 0.604. The van der Waals surface area contributed by atoms with Gasteiger partial charge < -0.3 is 10.0 Å². The van der Waals surface area contributed by atoms with Crippen LogP contribution in [-0.4, -0.2) is 17.7 Å². The van der Waals surface area contributed by atoms with Crippen molar-refractivity contribution >= 4 is 13.8 Å². The van der Waals surface area contributed by atoms with Crippen molar-refractivity contribution in [2.75, 3.05) is 0 Å². The Kier molecular flexibility index (Phi) is 6.06. The van der Waals surface area contributed by atoms with Crippen LogP contribution in [0.2, 0.25) is 0 Å². The molecule has 0 bridgehead atoms. The van der Waals surface area contributed by atoms with E-state index >= 15 is 0 Å². The van der Waals surface area contributed by atoms with E-state index in [4.69, 9.17) is 10.0 Å². The fourth-order valence-corrected chi connectivity index (χ4v) is 0.703. The Morgan fingerprint density at radius 1 is 1.25 bits per heavy atom. The smallest absolute Gasteiger partial charge is 0.430 e. The van der Waals surface area contributed by atoms with Gasteiger partial charge in [0.15, 0.2) is 0 Å². The van der Waals surface area contributed by atoms with Crippen LogP contribution in [-0.2, 0) is 0 Å². The highest BCUT2D eigenvalue weighted by Gasteiger charge is 1.82. The van der Waals surface area contributed by atoms with Gasteiger partial charge in [-0.05, 0) is 12.5 Å². The molecule has 0 aliphatic heterocycles. The summed E-state index contributed by atoms with van der Waals surface area (Å²) in [5.74, 6) is 0. The number of hydrogen-bond acceptors (Lipinski definition) is 2. The molecule has 1 aromatic carbocycles. The lowest BCUT2D eigenvalue weighted by molar-refractivity contribution is 0.448. The Hall–Kier alpha value is -1.06. The van der Waals surface area contributed by atoms with Gasteiger partial charge in [-0.15, -0.1) is 0 Å². The summed E-state index contributed by atoms with van der Waals surface area (Å²) in [6.07, 6.45) is 1.85. The average molecular weight is 164 g/mol. The zero-order valence-corrected chi connectivity index (χ0v) is 7.20. The average Bonchev–Trinajstić information content (AvgIpc) is 2.07. The molecule has 1 aromatic rings. The highest BCUT2D eigenvalue weighted by molar-refractivity contribution is 6.13. The van der Waals surface area contributed by atoms with E-state index in [0.29, 0.717) is 0 Å². The van der Waals surface area contributed by atoms with Gasteiger partial charge >= 0.3 is 7.69 Å². The van der Waals surface area contributed by atoms with Crippen molar-refractivity contribution in [2.45, 2.75) is 6.92 Å². The third-order valence-corrected chi connectivity index (χ3v) is 1.31. The summed E-state index contributed by atoms with van der Waals surface area (Å²) in [6.45, 7) is 5.74. The van der Waals surface area contributed by atoms with E-state index in [1.165, 1.54) is 11.1 Å². The van der Waals surface area contributed by atoms with Crippen molar-refractivity contribution in [1.29, 1.82) is 0 Å². The zero-order chi connectivity index (χ0) is 9.40. The first-order valence-electron chi connectivity index (χ1n) is 3.65. The molecule has 0 spiro atoms. The van der Waals surface area contributed by atoms with E-state index in [1.54, 1.807) is 0 Å². The van der Waals surface area contributed by atoms with E-state index in [9.17, 15) is 0 Å². The molecule has 64 valence electrons. The van der Waals surface area contributed by atoms with Crippen LogP contribution in [0.25, 0.3) is 6.08 Å². The molecule has 2 nitrogen and oxygen atoms in total. The summed E-state index contributed by atoms with van der Waals surface area (Å²) in [5, 5.41) is 14.2. The van der Waals surface area contributed by atoms with Gasteiger partial charge in [-0.1, -0.05) is 42.5 Å². The molecule has 1 rings (SSSR count). The predicted molar refractivity (Wildman–Crippen MR) is 52.9 cm³/mol. The van der Waals surface area contributed by atoms with E-state index < -0.39 is 7.69 Å². The molecule has 12 heavy (non-hydrogen) atoms. The molecule has 0 atom stereocenters. The van der Waals surface area contributed by atoms with Crippen molar-refractivity contribution in [3.05, 3.63) is 42.0 Å². The molecular formula is C9H13BO2. The van der Waals surface area contributed by atoms with E-state index in [2.05, 4.69) is 37.8 Å². The van der Waals surface area contributed by atoms with Gasteiger partial charge in [0.1, 0.15) is 0 Å². The molecular weight excluding hydrogens is 151 g/mol. The molecule has 0 aromatic heterocycles. The van der Waals surface area contributed by atoms with Crippen molar-refractivity contribution in [3.8, 4) is 0 Å². The summed E-state index contributed by atoms with van der Waals surface area (Å²) < 4.78 is 0. The Morgan fingerprint density at radius 3 is 2.00 bits per heavy atom. The number of aryl methyl sites for hydroxylation is 1. The topological polar surface area (TPSA) is 40.5 Å². The highest BCUT2D eigenvalue weighted by atomic mass is 16.4.